The molecule has 1 unspecified atom stereocenters. The molecule has 0 bridgehead atoms. The average molecular weight is 199 g/mol. The molecule has 0 radical (unpaired) electrons. The molecule has 0 heterocycles. The first-order valence-electron chi connectivity index (χ1n) is 5.38. The summed E-state index contributed by atoms with van der Waals surface area (Å²) in [6.07, 6.45) is 3.96. The van der Waals surface area contributed by atoms with Crippen molar-refractivity contribution < 1.29 is 4.79 Å². The van der Waals surface area contributed by atoms with Crippen LogP contribution in [0.5, 0.6) is 0 Å². The number of nitrogens with two attached hydrogens (primary N) is 1. The van der Waals surface area contributed by atoms with E-state index in [0.29, 0.717) is 12.6 Å². The summed E-state index contributed by atoms with van der Waals surface area (Å²) in [5.41, 5.74) is 5.35. The van der Waals surface area contributed by atoms with Crippen molar-refractivity contribution in [1.82, 2.24) is 10.6 Å². The number of carbonyl (C=O) groups is 1. The van der Waals surface area contributed by atoms with Crippen LogP contribution in [0, 0.1) is 0 Å². The van der Waals surface area contributed by atoms with Gasteiger partial charge in [-0.05, 0) is 39.2 Å². The lowest BCUT2D eigenvalue weighted by Gasteiger charge is -2.29. The van der Waals surface area contributed by atoms with Gasteiger partial charge in [-0.15, -0.1) is 0 Å². The molecule has 0 aliphatic heterocycles. The van der Waals surface area contributed by atoms with Crippen LogP contribution < -0.4 is 16.4 Å². The minimum Gasteiger partial charge on any atom is -0.335 e. The summed E-state index contributed by atoms with van der Waals surface area (Å²) in [5, 5.41) is 5.90. The van der Waals surface area contributed by atoms with Crippen molar-refractivity contribution in [2.75, 3.05) is 6.54 Å². The smallest absolute Gasteiger partial charge is 0.315 e. The van der Waals surface area contributed by atoms with Crippen molar-refractivity contribution in [3.63, 3.8) is 0 Å². The Balaban J connectivity index is 2.33. The van der Waals surface area contributed by atoms with E-state index in [0.717, 1.165) is 25.7 Å². The predicted octanol–water partition coefficient (Wildman–Crippen LogP) is 0.966. The van der Waals surface area contributed by atoms with Gasteiger partial charge >= 0.3 is 6.03 Å². The Morgan fingerprint density at radius 3 is 2.64 bits per heavy atom. The average Bonchev–Trinajstić information content (AvgIpc) is 2.88. The van der Waals surface area contributed by atoms with Gasteiger partial charge in [-0.3, -0.25) is 0 Å². The SMILES string of the molecule is CCC(C)(CCN)NC(=O)NC1CC1. The van der Waals surface area contributed by atoms with E-state index < -0.39 is 0 Å². The third-order valence-electron chi connectivity index (χ3n) is 2.80. The van der Waals surface area contributed by atoms with Crippen molar-refractivity contribution in [2.24, 2.45) is 5.73 Å². The highest BCUT2D eigenvalue weighted by molar-refractivity contribution is 5.75. The Morgan fingerprint density at radius 2 is 2.21 bits per heavy atom. The van der Waals surface area contributed by atoms with E-state index in [4.69, 9.17) is 5.73 Å². The molecular weight excluding hydrogens is 178 g/mol. The highest BCUT2D eigenvalue weighted by atomic mass is 16.2. The summed E-state index contributed by atoms with van der Waals surface area (Å²) in [7, 11) is 0. The molecule has 4 N–H and O–H groups in total. The molecule has 0 saturated heterocycles. The van der Waals surface area contributed by atoms with E-state index in [1.54, 1.807) is 0 Å². The van der Waals surface area contributed by atoms with Gasteiger partial charge in [0.05, 0.1) is 0 Å². The van der Waals surface area contributed by atoms with E-state index in [9.17, 15) is 4.79 Å². The van der Waals surface area contributed by atoms with Gasteiger partial charge < -0.3 is 16.4 Å². The highest BCUT2D eigenvalue weighted by Gasteiger charge is 2.27. The Labute approximate surface area is 85.6 Å². The third-order valence-corrected chi connectivity index (χ3v) is 2.80. The standard InChI is InChI=1S/C10H21N3O/c1-3-10(2,6-7-11)13-9(14)12-8-4-5-8/h8H,3-7,11H2,1-2H3,(H2,12,13,14). The molecule has 14 heavy (non-hydrogen) atoms. The monoisotopic (exact) mass is 199 g/mol. The zero-order valence-corrected chi connectivity index (χ0v) is 9.10. The normalized spacial score (nSPS) is 19.9. The van der Waals surface area contributed by atoms with Crippen molar-refractivity contribution in [2.45, 2.75) is 51.1 Å². The van der Waals surface area contributed by atoms with Crippen molar-refractivity contribution >= 4 is 6.03 Å². The maximum atomic E-state index is 11.5. The first-order chi connectivity index (χ1) is 6.59. The first kappa shape index (κ1) is 11.3. The summed E-state index contributed by atoms with van der Waals surface area (Å²) in [6.45, 7) is 4.70. The Hall–Kier alpha value is -0.770. The van der Waals surface area contributed by atoms with Gasteiger partial charge in [0.15, 0.2) is 0 Å². The van der Waals surface area contributed by atoms with Crippen molar-refractivity contribution in [3.05, 3.63) is 0 Å². The van der Waals surface area contributed by atoms with Gasteiger partial charge in [0.25, 0.3) is 0 Å². The van der Waals surface area contributed by atoms with E-state index >= 15 is 0 Å². The number of carbonyl (C=O) groups excluding carboxylic acids is 1. The van der Waals surface area contributed by atoms with E-state index in [2.05, 4.69) is 17.6 Å². The Kier molecular flexibility index (Phi) is 3.75. The lowest BCUT2D eigenvalue weighted by molar-refractivity contribution is 0.223. The van der Waals surface area contributed by atoms with Crippen LogP contribution in [0.1, 0.15) is 39.5 Å². The van der Waals surface area contributed by atoms with Gasteiger partial charge in [-0.25, -0.2) is 4.79 Å². The second kappa shape index (κ2) is 4.64. The molecule has 2 amide bonds. The van der Waals surface area contributed by atoms with Gasteiger partial charge in [-0.1, -0.05) is 6.92 Å². The molecule has 1 aliphatic carbocycles. The van der Waals surface area contributed by atoms with E-state index in [1.165, 1.54) is 0 Å². The van der Waals surface area contributed by atoms with Gasteiger partial charge in [-0.2, -0.15) is 0 Å². The van der Waals surface area contributed by atoms with Gasteiger partial charge in [0.1, 0.15) is 0 Å². The van der Waals surface area contributed by atoms with Crippen LogP contribution in [0.15, 0.2) is 0 Å². The number of amides is 2. The lowest BCUT2D eigenvalue weighted by atomic mass is 9.95. The Morgan fingerprint density at radius 1 is 1.57 bits per heavy atom. The molecule has 0 aromatic rings. The molecule has 1 aliphatic rings. The van der Waals surface area contributed by atoms with Crippen LogP contribution in [0.25, 0.3) is 0 Å². The maximum absolute atomic E-state index is 11.5. The van der Waals surface area contributed by atoms with Crippen LogP contribution >= 0.6 is 0 Å². The quantitative estimate of drug-likeness (QED) is 0.617. The molecule has 0 aromatic carbocycles. The Bertz CT molecular complexity index is 204. The third kappa shape index (κ3) is 3.54. The van der Waals surface area contributed by atoms with Crippen LogP contribution in [-0.4, -0.2) is 24.2 Å². The van der Waals surface area contributed by atoms with Crippen LogP contribution in [-0.2, 0) is 0 Å². The largest absolute Gasteiger partial charge is 0.335 e. The molecule has 1 rings (SSSR count). The molecule has 82 valence electrons. The molecule has 0 aromatic heterocycles. The van der Waals surface area contributed by atoms with E-state index in [-0.39, 0.29) is 11.6 Å². The fourth-order valence-electron chi connectivity index (χ4n) is 1.37. The number of hydrogen-bond donors (Lipinski definition) is 3. The lowest BCUT2D eigenvalue weighted by Crippen LogP contribution is -2.51. The number of rotatable bonds is 5. The fourth-order valence-corrected chi connectivity index (χ4v) is 1.37. The minimum atomic E-state index is -0.159. The van der Waals surface area contributed by atoms with Gasteiger partial charge in [0.2, 0.25) is 0 Å². The fraction of sp³-hybridized carbons (Fsp3) is 0.900. The van der Waals surface area contributed by atoms with Crippen molar-refractivity contribution in [3.8, 4) is 0 Å². The number of hydrogen-bond acceptors (Lipinski definition) is 2. The molecule has 4 nitrogen and oxygen atoms in total. The second-order valence-corrected chi connectivity index (χ2v) is 4.33. The molecule has 1 fully saturated rings. The summed E-state index contributed by atoms with van der Waals surface area (Å²) in [4.78, 5) is 11.5. The summed E-state index contributed by atoms with van der Waals surface area (Å²) >= 11 is 0. The number of urea groups is 1. The summed E-state index contributed by atoms with van der Waals surface area (Å²) in [5.74, 6) is 0. The molecular formula is C10H21N3O. The van der Waals surface area contributed by atoms with Crippen LogP contribution in [0.4, 0.5) is 4.79 Å². The van der Waals surface area contributed by atoms with E-state index in [1.807, 2.05) is 6.92 Å². The first-order valence-corrected chi connectivity index (χ1v) is 5.38. The maximum Gasteiger partial charge on any atom is 0.315 e. The van der Waals surface area contributed by atoms with Crippen LogP contribution in [0.2, 0.25) is 0 Å². The summed E-state index contributed by atoms with van der Waals surface area (Å²) in [6, 6.07) is 0.360. The molecule has 1 atom stereocenters. The summed E-state index contributed by atoms with van der Waals surface area (Å²) < 4.78 is 0. The zero-order chi connectivity index (χ0) is 10.6. The zero-order valence-electron chi connectivity index (χ0n) is 9.10. The second-order valence-electron chi connectivity index (χ2n) is 4.33. The van der Waals surface area contributed by atoms with Crippen LogP contribution in [0.3, 0.4) is 0 Å². The molecule has 4 heteroatoms. The minimum absolute atomic E-state index is 0.0506. The molecule has 0 spiro atoms. The number of nitrogens with one attached hydrogen (secondary N) is 2. The molecule has 1 saturated carbocycles. The van der Waals surface area contributed by atoms with Gasteiger partial charge in [0, 0.05) is 11.6 Å². The highest BCUT2D eigenvalue weighted by Crippen LogP contribution is 2.19. The predicted molar refractivity (Wildman–Crippen MR) is 57.1 cm³/mol. The van der Waals surface area contributed by atoms with Crippen molar-refractivity contribution in [1.29, 1.82) is 0 Å². The topological polar surface area (TPSA) is 67.1 Å².